The van der Waals surface area contributed by atoms with Crippen LogP contribution in [-0.4, -0.2) is 38.5 Å². The predicted molar refractivity (Wildman–Crippen MR) is 93.8 cm³/mol. The highest BCUT2D eigenvalue weighted by Crippen LogP contribution is 2.24. The number of rotatable bonds is 4. The summed E-state index contributed by atoms with van der Waals surface area (Å²) in [7, 11) is 1.54. The number of halogens is 1. The fourth-order valence-electron chi connectivity index (χ4n) is 3.15. The molecule has 1 aliphatic heterocycles. The topological polar surface area (TPSA) is 64.0 Å². The number of aromatic nitrogens is 4. The number of fused-ring (bicyclic) bond motifs is 1. The molecule has 3 aromatic rings. The lowest BCUT2D eigenvalue weighted by molar-refractivity contribution is 0.237. The molecule has 0 atom stereocenters. The largest absolute Gasteiger partial charge is 0.481 e. The van der Waals surface area contributed by atoms with Crippen molar-refractivity contribution < 1.29 is 9.13 Å². The molecule has 0 spiro atoms. The quantitative estimate of drug-likeness (QED) is 0.720. The van der Waals surface area contributed by atoms with Crippen LogP contribution >= 0.6 is 0 Å². The summed E-state index contributed by atoms with van der Waals surface area (Å²) in [4.78, 5) is 19.5. The van der Waals surface area contributed by atoms with Gasteiger partial charge in [0.15, 0.2) is 5.82 Å². The fourth-order valence-corrected chi connectivity index (χ4v) is 3.15. The molecule has 26 heavy (non-hydrogen) atoms. The monoisotopic (exact) mass is 351 g/mol. The summed E-state index contributed by atoms with van der Waals surface area (Å²) in [5.74, 6) is 0.796. The van der Waals surface area contributed by atoms with Gasteiger partial charge < -0.3 is 4.74 Å². The van der Waals surface area contributed by atoms with E-state index >= 15 is 0 Å². The highest BCUT2D eigenvalue weighted by atomic mass is 19.1. The van der Waals surface area contributed by atoms with Gasteiger partial charge >= 0.3 is 0 Å². The van der Waals surface area contributed by atoms with Crippen LogP contribution in [-0.2, 0) is 19.5 Å². The Morgan fingerprint density at radius 2 is 2.15 bits per heavy atom. The molecule has 7 heteroatoms. The maximum absolute atomic E-state index is 13.5. The third-order valence-electron chi connectivity index (χ3n) is 4.41. The summed E-state index contributed by atoms with van der Waals surface area (Å²) in [6, 6.07) is 5.30. The van der Waals surface area contributed by atoms with Crippen molar-refractivity contribution in [2.24, 2.45) is 0 Å². The Bertz CT molecular complexity index is 919. The van der Waals surface area contributed by atoms with E-state index in [9.17, 15) is 4.39 Å². The van der Waals surface area contributed by atoms with Crippen molar-refractivity contribution in [3.05, 3.63) is 65.6 Å². The van der Waals surface area contributed by atoms with Gasteiger partial charge in [-0.25, -0.2) is 19.3 Å². The van der Waals surface area contributed by atoms with Gasteiger partial charge in [-0.05, 0) is 18.2 Å². The number of hydrogen-bond acceptors (Lipinski definition) is 6. The molecule has 4 rings (SSSR count). The number of methoxy groups -OCH3 is 1. The van der Waals surface area contributed by atoms with Crippen molar-refractivity contribution in [3.8, 4) is 17.3 Å². The molecule has 0 bridgehead atoms. The lowest BCUT2D eigenvalue weighted by Gasteiger charge is -2.28. The minimum atomic E-state index is -0.359. The lowest BCUT2D eigenvalue weighted by atomic mass is 10.1. The first-order valence-corrected chi connectivity index (χ1v) is 8.39. The van der Waals surface area contributed by atoms with Crippen LogP contribution in [0.15, 0.2) is 43.0 Å². The van der Waals surface area contributed by atoms with Crippen LogP contribution in [0.25, 0.3) is 11.4 Å². The third kappa shape index (κ3) is 3.39. The van der Waals surface area contributed by atoms with Crippen molar-refractivity contribution in [2.45, 2.75) is 19.5 Å². The summed E-state index contributed by atoms with van der Waals surface area (Å²) in [6.07, 6.45) is 7.35. The maximum atomic E-state index is 13.5. The molecule has 1 aliphatic rings. The molecule has 0 amide bonds. The molecule has 0 aliphatic carbocycles. The average molecular weight is 351 g/mol. The van der Waals surface area contributed by atoms with E-state index in [0.717, 1.165) is 35.3 Å². The van der Waals surface area contributed by atoms with E-state index in [0.29, 0.717) is 24.8 Å². The normalized spacial score (nSPS) is 14.1. The molecule has 6 nitrogen and oxygen atoms in total. The summed E-state index contributed by atoms with van der Waals surface area (Å²) in [5, 5.41) is 0. The van der Waals surface area contributed by atoms with Gasteiger partial charge in [0.25, 0.3) is 0 Å². The first-order chi connectivity index (χ1) is 12.7. The van der Waals surface area contributed by atoms with Gasteiger partial charge in [-0.15, -0.1) is 0 Å². The molecule has 0 unspecified atom stereocenters. The van der Waals surface area contributed by atoms with Gasteiger partial charge in [-0.1, -0.05) is 0 Å². The Labute approximate surface area is 150 Å². The number of nitrogens with zero attached hydrogens (tertiary/aromatic N) is 5. The molecule has 0 saturated carbocycles. The van der Waals surface area contributed by atoms with Gasteiger partial charge in [0, 0.05) is 61.3 Å². The standard InChI is InChI=1S/C19H18FN5O/c1-26-19-14(7-16(20)10-23-19)11-25-6-4-17-15(12-25)9-22-18(24-17)13-3-2-5-21-8-13/h2-3,5,7-10H,4,6,11-12H2,1H3. The summed E-state index contributed by atoms with van der Waals surface area (Å²) >= 11 is 0. The zero-order chi connectivity index (χ0) is 17.9. The maximum Gasteiger partial charge on any atom is 0.217 e. The van der Waals surface area contributed by atoms with E-state index in [1.165, 1.54) is 12.3 Å². The van der Waals surface area contributed by atoms with Crippen molar-refractivity contribution in [1.82, 2.24) is 24.8 Å². The molecule has 0 saturated heterocycles. The van der Waals surface area contributed by atoms with Crippen LogP contribution in [0.2, 0.25) is 0 Å². The minimum Gasteiger partial charge on any atom is -0.481 e. The van der Waals surface area contributed by atoms with E-state index < -0.39 is 0 Å². The predicted octanol–water partition coefficient (Wildman–Crippen LogP) is 2.64. The van der Waals surface area contributed by atoms with Gasteiger partial charge in [0.05, 0.1) is 19.0 Å². The second kappa shape index (κ2) is 7.13. The molecule has 0 N–H and O–H groups in total. The fraction of sp³-hybridized carbons (Fsp3) is 0.263. The molecule has 4 heterocycles. The van der Waals surface area contributed by atoms with Gasteiger partial charge in [0.2, 0.25) is 5.88 Å². The molecule has 0 fully saturated rings. The van der Waals surface area contributed by atoms with E-state index in [1.807, 2.05) is 18.3 Å². The highest BCUT2D eigenvalue weighted by Gasteiger charge is 2.20. The van der Waals surface area contributed by atoms with Gasteiger partial charge in [-0.3, -0.25) is 9.88 Å². The van der Waals surface area contributed by atoms with Crippen LogP contribution in [0, 0.1) is 5.82 Å². The smallest absolute Gasteiger partial charge is 0.217 e. The molecule has 132 valence electrons. The highest BCUT2D eigenvalue weighted by molar-refractivity contribution is 5.53. The van der Waals surface area contributed by atoms with E-state index in [-0.39, 0.29) is 5.82 Å². The molecule has 3 aromatic heterocycles. The molecular weight excluding hydrogens is 333 g/mol. The number of hydrogen-bond donors (Lipinski definition) is 0. The minimum absolute atomic E-state index is 0.359. The van der Waals surface area contributed by atoms with Crippen molar-refractivity contribution >= 4 is 0 Å². The molecule has 0 radical (unpaired) electrons. The van der Waals surface area contributed by atoms with Crippen LogP contribution < -0.4 is 4.74 Å². The van der Waals surface area contributed by atoms with E-state index in [1.54, 1.807) is 19.5 Å². The zero-order valence-corrected chi connectivity index (χ0v) is 14.4. The van der Waals surface area contributed by atoms with Crippen LogP contribution in [0.3, 0.4) is 0 Å². The van der Waals surface area contributed by atoms with Gasteiger partial charge in [0.1, 0.15) is 5.82 Å². The van der Waals surface area contributed by atoms with Crippen LogP contribution in [0.1, 0.15) is 16.8 Å². The van der Waals surface area contributed by atoms with E-state index in [4.69, 9.17) is 9.72 Å². The summed E-state index contributed by atoms with van der Waals surface area (Å²) in [5.41, 5.74) is 3.80. The van der Waals surface area contributed by atoms with Crippen LogP contribution in [0.5, 0.6) is 5.88 Å². The van der Waals surface area contributed by atoms with Crippen LogP contribution in [0.4, 0.5) is 4.39 Å². The van der Waals surface area contributed by atoms with E-state index in [2.05, 4.69) is 19.9 Å². The summed E-state index contributed by atoms with van der Waals surface area (Å²) < 4.78 is 18.8. The first-order valence-electron chi connectivity index (χ1n) is 8.39. The number of pyridine rings is 2. The average Bonchev–Trinajstić information content (AvgIpc) is 2.68. The first kappa shape index (κ1) is 16.5. The van der Waals surface area contributed by atoms with Crippen molar-refractivity contribution in [1.29, 1.82) is 0 Å². The van der Waals surface area contributed by atoms with Gasteiger partial charge in [-0.2, -0.15) is 0 Å². The molecule has 0 aromatic carbocycles. The zero-order valence-electron chi connectivity index (χ0n) is 14.4. The third-order valence-corrected chi connectivity index (χ3v) is 4.41. The van der Waals surface area contributed by atoms with Crippen molar-refractivity contribution in [2.75, 3.05) is 13.7 Å². The Morgan fingerprint density at radius 1 is 1.23 bits per heavy atom. The Morgan fingerprint density at radius 3 is 2.96 bits per heavy atom. The summed E-state index contributed by atoms with van der Waals surface area (Å²) in [6.45, 7) is 2.11. The second-order valence-electron chi connectivity index (χ2n) is 6.19. The number of ether oxygens (including phenoxy) is 1. The molecular formula is C19H18FN5O. The lowest BCUT2D eigenvalue weighted by Crippen LogP contribution is -2.31. The SMILES string of the molecule is COc1ncc(F)cc1CN1CCc2nc(-c3cccnc3)ncc2C1. The second-order valence-corrected chi connectivity index (χ2v) is 6.19. The Hall–Kier alpha value is -2.93. The van der Waals surface area contributed by atoms with Crippen molar-refractivity contribution in [3.63, 3.8) is 0 Å². The Balaban J connectivity index is 1.53. The Kier molecular flexibility index (Phi) is 4.53.